The van der Waals surface area contributed by atoms with E-state index in [0.717, 1.165) is 18.9 Å². The number of rotatable bonds is 8. The van der Waals surface area contributed by atoms with E-state index in [1.165, 1.54) is 12.8 Å². The largest absolute Gasteiger partial charge is 0.396 e. The number of nitrogens with one attached hydrogen (secondary N) is 2. The van der Waals surface area contributed by atoms with Gasteiger partial charge >= 0.3 is 0 Å². The zero-order chi connectivity index (χ0) is 11.1. The summed E-state index contributed by atoms with van der Waals surface area (Å²) in [5, 5.41) is 14.8. The second kappa shape index (κ2) is 6.80. The lowest BCUT2D eigenvalue weighted by Crippen LogP contribution is -2.41. The molecule has 0 radical (unpaired) electrons. The van der Waals surface area contributed by atoms with Crippen molar-refractivity contribution in [2.45, 2.75) is 38.6 Å². The summed E-state index contributed by atoms with van der Waals surface area (Å²) in [7, 11) is 0. The summed E-state index contributed by atoms with van der Waals surface area (Å²) in [6.45, 7) is 3.51. The zero-order valence-electron chi connectivity index (χ0n) is 9.46. The van der Waals surface area contributed by atoms with Gasteiger partial charge in [0.15, 0.2) is 0 Å². The van der Waals surface area contributed by atoms with Crippen LogP contribution in [0.2, 0.25) is 0 Å². The van der Waals surface area contributed by atoms with Crippen molar-refractivity contribution in [3.05, 3.63) is 0 Å². The fourth-order valence-electron chi connectivity index (χ4n) is 1.52. The maximum Gasteiger partial charge on any atom is 0.234 e. The SMILES string of the molecule is CCC(CCO)NC(=O)CNCC1CC1. The lowest BCUT2D eigenvalue weighted by atomic mass is 10.1. The molecular weight excluding hydrogens is 192 g/mol. The maximum absolute atomic E-state index is 11.4. The molecule has 0 heterocycles. The van der Waals surface area contributed by atoms with Crippen LogP contribution in [0.5, 0.6) is 0 Å². The van der Waals surface area contributed by atoms with Gasteiger partial charge in [0.25, 0.3) is 0 Å². The number of aliphatic hydroxyl groups is 1. The number of hydrogen-bond donors (Lipinski definition) is 3. The monoisotopic (exact) mass is 214 g/mol. The van der Waals surface area contributed by atoms with Crippen LogP contribution in [0, 0.1) is 5.92 Å². The summed E-state index contributed by atoms with van der Waals surface area (Å²) in [6.07, 6.45) is 4.12. The van der Waals surface area contributed by atoms with Crippen molar-refractivity contribution in [2.24, 2.45) is 5.92 Å². The summed E-state index contributed by atoms with van der Waals surface area (Å²) in [5.41, 5.74) is 0. The molecule has 1 aliphatic rings. The van der Waals surface area contributed by atoms with E-state index in [2.05, 4.69) is 10.6 Å². The molecule has 15 heavy (non-hydrogen) atoms. The number of amides is 1. The van der Waals surface area contributed by atoms with Crippen LogP contribution < -0.4 is 10.6 Å². The molecule has 0 aliphatic heterocycles. The number of carbonyl (C=O) groups excluding carboxylic acids is 1. The fourth-order valence-corrected chi connectivity index (χ4v) is 1.52. The van der Waals surface area contributed by atoms with Crippen LogP contribution in [-0.4, -0.2) is 36.8 Å². The van der Waals surface area contributed by atoms with E-state index in [-0.39, 0.29) is 18.6 Å². The van der Waals surface area contributed by atoms with Crippen molar-refractivity contribution in [1.29, 1.82) is 0 Å². The highest BCUT2D eigenvalue weighted by atomic mass is 16.3. The van der Waals surface area contributed by atoms with Gasteiger partial charge in [0.05, 0.1) is 6.54 Å². The molecule has 4 heteroatoms. The Bertz CT molecular complexity index is 193. The smallest absolute Gasteiger partial charge is 0.234 e. The molecule has 88 valence electrons. The van der Waals surface area contributed by atoms with Crippen LogP contribution in [-0.2, 0) is 4.79 Å². The Kier molecular flexibility index (Phi) is 5.65. The van der Waals surface area contributed by atoms with E-state index >= 15 is 0 Å². The summed E-state index contributed by atoms with van der Waals surface area (Å²) in [6, 6.07) is 0.116. The van der Waals surface area contributed by atoms with Crippen molar-refractivity contribution >= 4 is 5.91 Å². The molecule has 0 aromatic rings. The first-order valence-corrected chi connectivity index (χ1v) is 5.87. The Balaban J connectivity index is 2.03. The highest BCUT2D eigenvalue weighted by Crippen LogP contribution is 2.27. The van der Waals surface area contributed by atoms with Crippen LogP contribution in [0.3, 0.4) is 0 Å². The molecule has 1 saturated carbocycles. The first-order valence-electron chi connectivity index (χ1n) is 5.87. The molecule has 0 bridgehead atoms. The predicted molar refractivity (Wildman–Crippen MR) is 59.5 cm³/mol. The minimum Gasteiger partial charge on any atom is -0.396 e. The van der Waals surface area contributed by atoms with E-state index in [1.54, 1.807) is 0 Å². The number of hydrogen-bond acceptors (Lipinski definition) is 3. The Hall–Kier alpha value is -0.610. The summed E-state index contributed by atoms with van der Waals surface area (Å²) in [4.78, 5) is 11.4. The second-order valence-electron chi connectivity index (χ2n) is 4.26. The third kappa shape index (κ3) is 5.74. The average molecular weight is 214 g/mol. The Labute approximate surface area is 91.4 Å². The topological polar surface area (TPSA) is 61.4 Å². The molecule has 4 nitrogen and oxygen atoms in total. The van der Waals surface area contributed by atoms with Crippen LogP contribution in [0.15, 0.2) is 0 Å². The van der Waals surface area contributed by atoms with Gasteiger partial charge in [-0.1, -0.05) is 6.92 Å². The summed E-state index contributed by atoms with van der Waals surface area (Å²) < 4.78 is 0. The Morgan fingerprint density at radius 1 is 1.53 bits per heavy atom. The molecule has 1 rings (SSSR count). The van der Waals surface area contributed by atoms with Gasteiger partial charge in [-0.15, -0.1) is 0 Å². The Morgan fingerprint density at radius 3 is 2.80 bits per heavy atom. The molecule has 0 aromatic carbocycles. The molecule has 1 amide bonds. The molecule has 1 aliphatic carbocycles. The minimum absolute atomic E-state index is 0.0379. The standard InChI is InChI=1S/C11H22N2O2/c1-2-10(5-6-14)13-11(15)8-12-7-9-3-4-9/h9-10,12,14H,2-8H2,1H3,(H,13,15). The highest BCUT2D eigenvalue weighted by molar-refractivity contribution is 5.78. The fraction of sp³-hybridized carbons (Fsp3) is 0.909. The lowest BCUT2D eigenvalue weighted by molar-refractivity contribution is -0.121. The van der Waals surface area contributed by atoms with Crippen molar-refractivity contribution in [3.63, 3.8) is 0 Å². The third-order valence-electron chi connectivity index (χ3n) is 2.75. The van der Waals surface area contributed by atoms with Crippen LogP contribution >= 0.6 is 0 Å². The van der Waals surface area contributed by atoms with Crippen molar-refractivity contribution in [2.75, 3.05) is 19.7 Å². The van der Waals surface area contributed by atoms with Gasteiger partial charge in [-0.3, -0.25) is 4.79 Å². The van der Waals surface area contributed by atoms with Crippen LogP contribution in [0.1, 0.15) is 32.6 Å². The predicted octanol–water partition coefficient (Wildman–Crippen LogP) is 0.263. The highest BCUT2D eigenvalue weighted by Gasteiger charge is 2.20. The van der Waals surface area contributed by atoms with E-state index < -0.39 is 0 Å². The molecule has 1 atom stereocenters. The van der Waals surface area contributed by atoms with Crippen molar-refractivity contribution in [1.82, 2.24) is 10.6 Å². The zero-order valence-corrected chi connectivity index (χ0v) is 9.46. The molecule has 0 saturated heterocycles. The first kappa shape index (κ1) is 12.5. The molecule has 0 spiro atoms. The first-order chi connectivity index (χ1) is 7.26. The molecule has 1 unspecified atom stereocenters. The van der Waals surface area contributed by atoms with E-state index in [0.29, 0.717) is 13.0 Å². The van der Waals surface area contributed by atoms with E-state index in [4.69, 9.17) is 5.11 Å². The third-order valence-corrected chi connectivity index (χ3v) is 2.75. The minimum atomic E-state index is 0.0379. The quantitative estimate of drug-likeness (QED) is 0.543. The average Bonchev–Trinajstić information content (AvgIpc) is 3.01. The van der Waals surface area contributed by atoms with Gasteiger partial charge in [0, 0.05) is 12.6 Å². The number of aliphatic hydroxyl groups excluding tert-OH is 1. The van der Waals surface area contributed by atoms with Gasteiger partial charge < -0.3 is 15.7 Å². The van der Waals surface area contributed by atoms with E-state index in [9.17, 15) is 4.79 Å². The van der Waals surface area contributed by atoms with E-state index in [1.807, 2.05) is 6.92 Å². The van der Waals surface area contributed by atoms with Crippen LogP contribution in [0.25, 0.3) is 0 Å². The molecule has 3 N–H and O–H groups in total. The molecule has 1 fully saturated rings. The molecular formula is C11H22N2O2. The summed E-state index contributed by atoms with van der Waals surface area (Å²) >= 11 is 0. The van der Waals surface area contributed by atoms with Gasteiger partial charge in [0.2, 0.25) is 5.91 Å². The Morgan fingerprint density at radius 2 is 2.27 bits per heavy atom. The van der Waals surface area contributed by atoms with Gasteiger partial charge in [-0.05, 0) is 38.1 Å². The van der Waals surface area contributed by atoms with Gasteiger partial charge in [-0.2, -0.15) is 0 Å². The van der Waals surface area contributed by atoms with Crippen molar-refractivity contribution in [3.8, 4) is 0 Å². The van der Waals surface area contributed by atoms with Crippen molar-refractivity contribution < 1.29 is 9.90 Å². The van der Waals surface area contributed by atoms with Gasteiger partial charge in [-0.25, -0.2) is 0 Å². The lowest BCUT2D eigenvalue weighted by Gasteiger charge is -2.15. The summed E-state index contributed by atoms with van der Waals surface area (Å²) in [5.74, 6) is 0.841. The van der Waals surface area contributed by atoms with Crippen LogP contribution in [0.4, 0.5) is 0 Å². The number of carbonyl (C=O) groups is 1. The second-order valence-corrected chi connectivity index (χ2v) is 4.26. The van der Waals surface area contributed by atoms with Gasteiger partial charge in [0.1, 0.15) is 0 Å². The normalized spacial score (nSPS) is 17.5. The maximum atomic E-state index is 11.4. The molecule has 0 aromatic heterocycles.